The zero-order valence-electron chi connectivity index (χ0n) is 8.36. The molecule has 0 aliphatic carbocycles. The van der Waals surface area contributed by atoms with Crippen molar-refractivity contribution in [2.45, 2.75) is 6.92 Å². The first-order valence-corrected chi connectivity index (χ1v) is 4.65. The smallest absolute Gasteiger partial charge is 0.194 e. The first-order valence-electron chi connectivity index (χ1n) is 4.65. The molecule has 0 aromatic heterocycles. The Balaban J connectivity index is 2.13. The van der Waals surface area contributed by atoms with Crippen molar-refractivity contribution in [1.82, 2.24) is 0 Å². The lowest BCUT2D eigenvalue weighted by atomic mass is 10.1. The minimum absolute atomic E-state index is 0.456. The summed E-state index contributed by atoms with van der Waals surface area (Å²) >= 11 is 0. The molecule has 1 aromatic rings. The Morgan fingerprint density at radius 3 is 2.50 bits per heavy atom. The van der Waals surface area contributed by atoms with Crippen LogP contribution in [0.2, 0.25) is 0 Å². The van der Waals surface area contributed by atoms with Crippen LogP contribution in [0.15, 0.2) is 29.3 Å². The third-order valence-corrected chi connectivity index (χ3v) is 2.21. The van der Waals surface area contributed by atoms with Gasteiger partial charge in [-0.1, -0.05) is 6.92 Å². The summed E-state index contributed by atoms with van der Waals surface area (Å²) in [7, 11) is 1.65. The van der Waals surface area contributed by atoms with Gasteiger partial charge in [0.05, 0.1) is 18.7 Å². The van der Waals surface area contributed by atoms with Crippen molar-refractivity contribution in [3.8, 4) is 5.75 Å². The molecule has 14 heavy (non-hydrogen) atoms. The van der Waals surface area contributed by atoms with Gasteiger partial charge in [-0.2, -0.15) is 0 Å². The minimum atomic E-state index is 0.456. The normalized spacial score (nSPS) is 22.7. The van der Waals surface area contributed by atoms with E-state index in [1.807, 2.05) is 24.3 Å². The highest BCUT2D eigenvalue weighted by Gasteiger charge is 2.22. The number of hydrogen-bond acceptors (Lipinski definition) is 3. The monoisotopic (exact) mass is 191 g/mol. The van der Waals surface area contributed by atoms with Gasteiger partial charge in [0.15, 0.2) is 5.90 Å². The third kappa shape index (κ3) is 1.71. The van der Waals surface area contributed by atoms with E-state index in [1.54, 1.807) is 7.11 Å². The van der Waals surface area contributed by atoms with Crippen LogP contribution < -0.4 is 4.74 Å². The molecule has 0 spiro atoms. The number of ether oxygens (including phenoxy) is 2. The van der Waals surface area contributed by atoms with Gasteiger partial charge in [0, 0.05) is 0 Å². The van der Waals surface area contributed by atoms with Gasteiger partial charge in [-0.15, -0.1) is 0 Å². The second-order valence-corrected chi connectivity index (χ2v) is 3.36. The van der Waals surface area contributed by atoms with Crippen LogP contribution >= 0.6 is 0 Å². The number of hydrogen-bond donors (Lipinski definition) is 0. The summed E-state index contributed by atoms with van der Waals surface area (Å²) in [6.07, 6.45) is 0. The molecule has 0 N–H and O–H groups in total. The van der Waals surface area contributed by atoms with E-state index < -0.39 is 0 Å². The molecular formula is C11H13NO2. The van der Waals surface area contributed by atoms with Gasteiger partial charge in [0.25, 0.3) is 0 Å². The van der Waals surface area contributed by atoms with Crippen molar-refractivity contribution in [3.63, 3.8) is 0 Å². The molecule has 1 fully saturated rings. The molecule has 3 heteroatoms. The minimum Gasteiger partial charge on any atom is -0.497 e. The molecule has 0 amide bonds. The zero-order chi connectivity index (χ0) is 9.97. The van der Waals surface area contributed by atoms with Crippen molar-refractivity contribution < 1.29 is 9.47 Å². The zero-order valence-corrected chi connectivity index (χ0v) is 8.36. The molecule has 1 heterocycles. The Morgan fingerprint density at radius 2 is 2.07 bits per heavy atom. The van der Waals surface area contributed by atoms with E-state index >= 15 is 0 Å². The Bertz CT molecular complexity index is 343. The van der Waals surface area contributed by atoms with E-state index in [1.165, 1.54) is 0 Å². The lowest BCUT2D eigenvalue weighted by Gasteiger charge is -2.25. The van der Waals surface area contributed by atoms with Crippen molar-refractivity contribution in [2.24, 2.45) is 10.9 Å². The average molecular weight is 191 g/mol. The van der Waals surface area contributed by atoms with Gasteiger partial charge in [-0.05, 0) is 24.3 Å². The summed E-state index contributed by atoms with van der Waals surface area (Å²) in [6, 6.07) is 7.62. The van der Waals surface area contributed by atoms with E-state index in [0.717, 1.165) is 23.9 Å². The maximum atomic E-state index is 5.22. The van der Waals surface area contributed by atoms with Crippen LogP contribution in [0.25, 0.3) is 0 Å². The highest BCUT2D eigenvalue weighted by Crippen LogP contribution is 2.22. The molecular weight excluding hydrogens is 178 g/mol. The quantitative estimate of drug-likeness (QED) is 0.718. The molecule has 3 nitrogen and oxygen atoms in total. The van der Waals surface area contributed by atoms with Crippen molar-refractivity contribution in [1.29, 1.82) is 0 Å². The first kappa shape index (κ1) is 9.06. The van der Waals surface area contributed by atoms with E-state index in [-0.39, 0.29) is 0 Å². The maximum Gasteiger partial charge on any atom is 0.194 e. The lowest BCUT2D eigenvalue weighted by molar-refractivity contribution is 0.177. The maximum absolute atomic E-state index is 5.22. The summed E-state index contributed by atoms with van der Waals surface area (Å²) in [4.78, 5) is 4.36. The van der Waals surface area contributed by atoms with E-state index in [4.69, 9.17) is 9.47 Å². The number of rotatable bonds is 2. The molecule has 2 rings (SSSR count). The van der Waals surface area contributed by atoms with Crippen molar-refractivity contribution in [3.05, 3.63) is 24.3 Å². The van der Waals surface area contributed by atoms with Gasteiger partial charge in [0.1, 0.15) is 12.4 Å². The molecule has 0 radical (unpaired) electrons. The largest absolute Gasteiger partial charge is 0.497 e. The van der Waals surface area contributed by atoms with E-state index in [0.29, 0.717) is 5.92 Å². The predicted octanol–water partition coefficient (Wildman–Crippen LogP) is 2.39. The highest BCUT2D eigenvalue weighted by atomic mass is 16.5. The second-order valence-electron chi connectivity index (χ2n) is 3.36. The van der Waals surface area contributed by atoms with Crippen LogP contribution in [0.3, 0.4) is 0 Å². The molecule has 0 saturated carbocycles. The number of nitrogens with zero attached hydrogens (tertiary/aromatic N) is 1. The molecule has 0 bridgehead atoms. The van der Waals surface area contributed by atoms with Gasteiger partial charge in [-0.25, -0.2) is 4.99 Å². The molecule has 74 valence electrons. The van der Waals surface area contributed by atoms with Crippen molar-refractivity contribution >= 4 is 11.6 Å². The topological polar surface area (TPSA) is 30.8 Å². The summed E-state index contributed by atoms with van der Waals surface area (Å²) in [6.45, 7) is 2.89. The van der Waals surface area contributed by atoms with Crippen LogP contribution in [0, 0.1) is 5.92 Å². The Morgan fingerprint density at radius 1 is 1.36 bits per heavy atom. The highest BCUT2D eigenvalue weighted by molar-refractivity contribution is 5.85. The number of methoxy groups -OCH3 is 1. The SMILES string of the molecule is COc1ccc(N=C2OCC2C)cc1. The van der Waals surface area contributed by atoms with Crippen LogP contribution in [-0.4, -0.2) is 19.6 Å². The van der Waals surface area contributed by atoms with Crippen LogP contribution in [0.5, 0.6) is 5.75 Å². The second kappa shape index (κ2) is 3.70. The van der Waals surface area contributed by atoms with Crippen LogP contribution in [0.1, 0.15) is 6.92 Å². The lowest BCUT2D eigenvalue weighted by Crippen LogP contribution is -2.31. The predicted molar refractivity (Wildman–Crippen MR) is 55.2 cm³/mol. The number of aliphatic imine (C=N–C) groups is 1. The fraction of sp³-hybridized carbons (Fsp3) is 0.364. The van der Waals surface area contributed by atoms with Crippen molar-refractivity contribution in [2.75, 3.05) is 13.7 Å². The van der Waals surface area contributed by atoms with E-state index in [2.05, 4.69) is 11.9 Å². The van der Waals surface area contributed by atoms with Gasteiger partial charge < -0.3 is 9.47 Å². The van der Waals surface area contributed by atoms with Gasteiger partial charge in [-0.3, -0.25) is 0 Å². The molecule has 1 atom stereocenters. The fourth-order valence-corrected chi connectivity index (χ4v) is 1.25. The summed E-state index contributed by atoms with van der Waals surface area (Å²) in [5.74, 6) is 2.13. The molecule has 1 unspecified atom stereocenters. The van der Waals surface area contributed by atoms with Gasteiger partial charge in [0.2, 0.25) is 0 Å². The standard InChI is InChI=1S/C11H13NO2/c1-8-7-14-11(8)12-9-3-5-10(13-2)6-4-9/h3-6,8H,7H2,1-2H3. The summed E-state index contributed by atoms with van der Waals surface area (Å²) in [5.41, 5.74) is 0.910. The van der Waals surface area contributed by atoms with E-state index in [9.17, 15) is 0 Å². The molecule has 1 saturated heterocycles. The molecule has 1 aromatic carbocycles. The Labute approximate surface area is 83.4 Å². The van der Waals surface area contributed by atoms with Gasteiger partial charge >= 0.3 is 0 Å². The third-order valence-electron chi connectivity index (χ3n) is 2.21. The Kier molecular flexibility index (Phi) is 2.39. The van der Waals surface area contributed by atoms with Crippen LogP contribution in [0.4, 0.5) is 5.69 Å². The average Bonchev–Trinajstić information content (AvgIpc) is 2.24. The fourth-order valence-electron chi connectivity index (χ4n) is 1.25. The Hall–Kier alpha value is -1.51. The first-order chi connectivity index (χ1) is 6.79. The molecule has 1 aliphatic rings. The summed E-state index contributed by atoms with van der Waals surface area (Å²) < 4.78 is 10.3. The van der Waals surface area contributed by atoms with Crippen LogP contribution in [-0.2, 0) is 4.74 Å². The summed E-state index contributed by atoms with van der Waals surface area (Å²) in [5, 5.41) is 0. The number of benzene rings is 1. The molecule has 1 aliphatic heterocycles.